The van der Waals surface area contributed by atoms with Gasteiger partial charge >= 0.3 is 0 Å². The van der Waals surface area contributed by atoms with Crippen LogP contribution in [0.5, 0.6) is 0 Å². The fourth-order valence-electron chi connectivity index (χ4n) is 8.27. The summed E-state index contributed by atoms with van der Waals surface area (Å²) >= 11 is 1.86. The molecule has 0 N–H and O–H groups in total. The molecule has 0 spiro atoms. The van der Waals surface area contributed by atoms with E-state index in [1.807, 2.05) is 23.5 Å². The largest absolute Gasteiger partial charge is 0.456 e. The Labute approximate surface area is 322 Å². The minimum absolute atomic E-state index is 0.903. The zero-order valence-electron chi connectivity index (χ0n) is 29.8. The normalized spacial score (nSPS) is 11.6. The Morgan fingerprint density at radius 1 is 0.345 bits per heavy atom. The van der Waals surface area contributed by atoms with E-state index in [4.69, 9.17) is 4.42 Å². The van der Waals surface area contributed by atoms with E-state index in [2.05, 4.69) is 193 Å². The van der Waals surface area contributed by atoms with Crippen LogP contribution in [0.15, 0.2) is 205 Å². The monoisotopic (exact) mass is 719 g/mol. The highest BCUT2D eigenvalue weighted by Crippen LogP contribution is 2.44. The molecule has 0 saturated carbocycles. The van der Waals surface area contributed by atoms with Gasteiger partial charge in [0, 0.05) is 48.0 Å². The molecule has 2 heterocycles. The van der Waals surface area contributed by atoms with Crippen LogP contribution in [0.3, 0.4) is 0 Å². The molecule has 55 heavy (non-hydrogen) atoms. The summed E-state index contributed by atoms with van der Waals surface area (Å²) in [5, 5.41) is 7.38. The van der Waals surface area contributed by atoms with Crippen molar-refractivity contribution in [3.8, 4) is 33.4 Å². The Morgan fingerprint density at radius 2 is 0.945 bits per heavy atom. The standard InChI is InChI=1S/C52H33NOS/c1-2-12-36-31-38(26-25-34(36)11-1)37-13-7-15-41(32-37)53(40-29-27-35(28-30-40)43-19-9-22-48-51(43)45-17-3-5-21-47(45)54-48)42-16-8-14-39(33-42)44-20-10-24-50-52(44)46-18-4-6-23-49(46)55-50/h1-33H. The Kier molecular flexibility index (Phi) is 7.39. The highest BCUT2D eigenvalue weighted by Gasteiger charge is 2.18. The summed E-state index contributed by atoms with van der Waals surface area (Å²) in [6, 6.07) is 72.3. The van der Waals surface area contributed by atoms with Crippen molar-refractivity contribution in [2.24, 2.45) is 0 Å². The summed E-state index contributed by atoms with van der Waals surface area (Å²) in [6.07, 6.45) is 0. The number of nitrogens with zero attached hydrogens (tertiary/aromatic N) is 1. The fourth-order valence-corrected chi connectivity index (χ4v) is 9.41. The van der Waals surface area contributed by atoms with Crippen molar-refractivity contribution >= 4 is 81.3 Å². The molecule has 11 rings (SSSR count). The number of anilines is 3. The molecule has 0 unspecified atom stereocenters. The van der Waals surface area contributed by atoms with Gasteiger partial charge in [-0.25, -0.2) is 0 Å². The van der Waals surface area contributed by atoms with Crippen molar-refractivity contribution in [3.05, 3.63) is 200 Å². The van der Waals surface area contributed by atoms with Gasteiger partial charge in [0.05, 0.1) is 0 Å². The van der Waals surface area contributed by atoms with Gasteiger partial charge in [-0.3, -0.25) is 0 Å². The van der Waals surface area contributed by atoms with Gasteiger partial charge in [0.1, 0.15) is 11.2 Å². The molecule has 0 atom stereocenters. The number of hydrogen-bond donors (Lipinski definition) is 0. The average molecular weight is 720 g/mol. The summed E-state index contributed by atoms with van der Waals surface area (Å²) in [7, 11) is 0. The first kappa shape index (κ1) is 31.6. The van der Waals surface area contributed by atoms with E-state index in [-0.39, 0.29) is 0 Å². The number of furan rings is 1. The second-order valence-corrected chi connectivity index (χ2v) is 15.2. The zero-order valence-corrected chi connectivity index (χ0v) is 30.6. The van der Waals surface area contributed by atoms with Crippen LogP contribution in [0.2, 0.25) is 0 Å². The first-order valence-electron chi connectivity index (χ1n) is 18.7. The second kappa shape index (κ2) is 12.9. The molecule has 9 aromatic carbocycles. The molecule has 0 aliphatic rings. The lowest BCUT2D eigenvalue weighted by atomic mass is 9.97. The number of hydrogen-bond acceptors (Lipinski definition) is 3. The van der Waals surface area contributed by atoms with Gasteiger partial charge in [0.25, 0.3) is 0 Å². The van der Waals surface area contributed by atoms with Crippen LogP contribution in [0, 0.1) is 0 Å². The van der Waals surface area contributed by atoms with Gasteiger partial charge in [-0.1, -0.05) is 133 Å². The first-order chi connectivity index (χ1) is 27.2. The second-order valence-electron chi connectivity index (χ2n) is 14.1. The molecule has 0 aliphatic heterocycles. The third kappa shape index (κ3) is 5.40. The molecule has 0 aliphatic carbocycles. The lowest BCUT2D eigenvalue weighted by Crippen LogP contribution is -2.10. The SMILES string of the molecule is c1cc(-c2ccc3ccccc3c2)cc(N(c2ccc(-c3cccc4oc5ccccc5c34)cc2)c2cccc(-c3cccc4sc5ccccc5c34)c2)c1. The van der Waals surface area contributed by atoms with Gasteiger partial charge in [-0.05, 0) is 111 Å². The molecule has 3 heteroatoms. The van der Waals surface area contributed by atoms with E-state index in [0.29, 0.717) is 0 Å². The van der Waals surface area contributed by atoms with Crippen LogP contribution in [0.1, 0.15) is 0 Å². The van der Waals surface area contributed by atoms with Crippen molar-refractivity contribution in [2.75, 3.05) is 4.90 Å². The molecule has 0 fully saturated rings. The van der Waals surface area contributed by atoms with Gasteiger partial charge in [0.15, 0.2) is 0 Å². The van der Waals surface area contributed by atoms with E-state index >= 15 is 0 Å². The highest BCUT2D eigenvalue weighted by molar-refractivity contribution is 7.25. The maximum absolute atomic E-state index is 6.25. The van der Waals surface area contributed by atoms with E-state index in [1.165, 1.54) is 53.2 Å². The number of thiophene rings is 1. The third-order valence-corrected chi connectivity index (χ3v) is 12.0. The minimum atomic E-state index is 0.903. The fraction of sp³-hybridized carbons (Fsp3) is 0. The molecule has 0 radical (unpaired) electrons. The van der Waals surface area contributed by atoms with Gasteiger partial charge in [0.2, 0.25) is 0 Å². The van der Waals surface area contributed by atoms with E-state index in [1.54, 1.807) is 0 Å². The quantitative estimate of drug-likeness (QED) is 0.170. The number of fused-ring (bicyclic) bond motifs is 7. The maximum Gasteiger partial charge on any atom is 0.136 e. The van der Waals surface area contributed by atoms with Crippen molar-refractivity contribution in [1.82, 2.24) is 0 Å². The Bertz CT molecular complexity index is 3220. The minimum Gasteiger partial charge on any atom is -0.456 e. The maximum atomic E-state index is 6.25. The summed E-state index contributed by atoms with van der Waals surface area (Å²) < 4.78 is 8.87. The highest BCUT2D eigenvalue weighted by atomic mass is 32.1. The smallest absolute Gasteiger partial charge is 0.136 e. The summed E-state index contributed by atoms with van der Waals surface area (Å²) in [5.41, 5.74) is 12.2. The van der Waals surface area contributed by atoms with Crippen LogP contribution in [0.4, 0.5) is 17.1 Å². The molecule has 2 nitrogen and oxygen atoms in total. The Balaban J connectivity index is 1.07. The summed E-state index contributed by atoms with van der Waals surface area (Å²) in [5.74, 6) is 0. The molecule has 0 saturated heterocycles. The Hall–Kier alpha value is -6.94. The van der Waals surface area contributed by atoms with E-state index in [0.717, 1.165) is 50.1 Å². The first-order valence-corrected chi connectivity index (χ1v) is 19.5. The topological polar surface area (TPSA) is 16.4 Å². The van der Waals surface area contributed by atoms with E-state index < -0.39 is 0 Å². The lowest BCUT2D eigenvalue weighted by Gasteiger charge is -2.27. The van der Waals surface area contributed by atoms with Crippen molar-refractivity contribution in [2.45, 2.75) is 0 Å². The molecule has 0 bridgehead atoms. The van der Waals surface area contributed by atoms with Crippen molar-refractivity contribution in [1.29, 1.82) is 0 Å². The average Bonchev–Trinajstić information content (AvgIpc) is 3.83. The van der Waals surface area contributed by atoms with Crippen molar-refractivity contribution in [3.63, 3.8) is 0 Å². The molecular formula is C52H33NOS. The van der Waals surface area contributed by atoms with Crippen LogP contribution in [-0.4, -0.2) is 0 Å². The zero-order chi connectivity index (χ0) is 36.3. The number of para-hydroxylation sites is 1. The van der Waals surface area contributed by atoms with Crippen LogP contribution >= 0.6 is 11.3 Å². The Morgan fingerprint density at radius 3 is 1.80 bits per heavy atom. The van der Waals surface area contributed by atoms with E-state index in [9.17, 15) is 0 Å². The predicted molar refractivity (Wildman–Crippen MR) is 235 cm³/mol. The molecule has 2 aromatic heterocycles. The third-order valence-electron chi connectivity index (χ3n) is 10.8. The van der Waals surface area contributed by atoms with Gasteiger partial charge < -0.3 is 9.32 Å². The molecular weight excluding hydrogens is 687 g/mol. The van der Waals surface area contributed by atoms with Gasteiger partial charge in [-0.15, -0.1) is 11.3 Å². The summed E-state index contributed by atoms with van der Waals surface area (Å²) in [6.45, 7) is 0. The lowest BCUT2D eigenvalue weighted by molar-refractivity contribution is 0.669. The van der Waals surface area contributed by atoms with Crippen molar-refractivity contribution < 1.29 is 4.42 Å². The predicted octanol–water partition coefficient (Wildman–Crippen LogP) is 15.6. The molecule has 258 valence electrons. The number of benzene rings is 9. The molecule has 11 aromatic rings. The van der Waals surface area contributed by atoms with Crippen LogP contribution in [0.25, 0.3) is 86.3 Å². The summed E-state index contributed by atoms with van der Waals surface area (Å²) in [4.78, 5) is 2.39. The van der Waals surface area contributed by atoms with Crippen LogP contribution in [-0.2, 0) is 0 Å². The molecule has 0 amide bonds. The number of rotatable bonds is 6. The van der Waals surface area contributed by atoms with Crippen LogP contribution < -0.4 is 4.90 Å². The van der Waals surface area contributed by atoms with Gasteiger partial charge in [-0.2, -0.15) is 0 Å².